The van der Waals surface area contributed by atoms with E-state index in [2.05, 4.69) is 19.2 Å². The number of hydrogen-bond acceptors (Lipinski definition) is 9. The zero-order valence-corrected chi connectivity index (χ0v) is 15.9. The van der Waals surface area contributed by atoms with E-state index in [1.54, 1.807) is 0 Å². The average Bonchev–Trinajstić information content (AvgIpc) is 2.62. The van der Waals surface area contributed by atoms with Gasteiger partial charge in [0.1, 0.15) is 0 Å². The zero-order chi connectivity index (χ0) is 21.7. The molecule has 1 aromatic carbocycles. The van der Waals surface area contributed by atoms with Gasteiger partial charge in [-0.25, -0.2) is 0 Å². The third-order valence-corrected chi connectivity index (χ3v) is 3.70. The summed E-state index contributed by atoms with van der Waals surface area (Å²) in [6.07, 6.45) is 5.90. The first-order chi connectivity index (χ1) is 13.2. The molecule has 0 saturated carbocycles. The normalized spacial score (nSPS) is 10.3. The number of aliphatic hydroxyl groups excluding tert-OH is 1. The predicted octanol–water partition coefficient (Wildman–Crippen LogP) is 3.04. The lowest BCUT2D eigenvalue weighted by atomic mass is 10.1. The maximum Gasteiger partial charge on any atom is 0.324 e. The standard InChI is InChI=1S/C10H23NO.C6H3N3O7/c1-3-6-10(7-4-2)11-8-5-9-12;10-6-4(8(13)14)1-3(7(11)12)2-5(6)9(15)16/h10-12H,3-9H2,1-2H3;1-2,10H. The molecular weight excluding hydrogens is 376 g/mol. The molecule has 0 bridgehead atoms. The number of phenolic OH excluding ortho intramolecular Hbond substituents is 1. The molecule has 0 amide bonds. The van der Waals surface area contributed by atoms with Gasteiger partial charge in [-0.3, -0.25) is 30.3 Å². The molecule has 0 aliphatic carbocycles. The fraction of sp³-hybridized carbons (Fsp3) is 0.625. The molecule has 0 aromatic heterocycles. The van der Waals surface area contributed by atoms with Gasteiger partial charge in [0.2, 0.25) is 0 Å². The van der Waals surface area contributed by atoms with E-state index in [1.807, 2.05) is 0 Å². The molecule has 12 nitrogen and oxygen atoms in total. The molecule has 0 saturated heterocycles. The van der Waals surface area contributed by atoms with Crippen molar-refractivity contribution in [1.82, 2.24) is 5.32 Å². The highest BCUT2D eigenvalue weighted by Crippen LogP contribution is 2.38. The first-order valence-corrected chi connectivity index (χ1v) is 8.83. The van der Waals surface area contributed by atoms with Crippen molar-refractivity contribution in [3.05, 3.63) is 42.5 Å². The number of nitro benzene ring substituents is 3. The summed E-state index contributed by atoms with van der Waals surface area (Å²) in [6, 6.07) is 1.57. The minimum absolute atomic E-state index is 0.304. The second kappa shape index (κ2) is 13.3. The predicted molar refractivity (Wildman–Crippen MR) is 101 cm³/mol. The number of hydrogen-bond donors (Lipinski definition) is 3. The van der Waals surface area contributed by atoms with Crippen molar-refractivity contribution in [3.8, 4) is 5.75 Å². The van der Waals surface area contributed by atoms with Crippen LogP contribution in [0.4, 0.5) is 17.1 Å². The Balaban J connectivity index is 0.000000546. The van der Waals surface area contributed by atoms with Crippen LogP contribution in [0.1, 0.15) is 46.0 Å². The fourth-order valence-electron chi connectivity index (χ4n) is 2.40. The van der Waals surface area contributed by atoms with Gasteiger partial charge >= 0.3 is 11.4 Å². The largest absolute Gasteiger partial charge is 0.497 e. The van der Waals surface area contributed by atoms with E-state index in [0.29, 0.717) is 24.8 Å². The highest BCUT2D eigenvalue weighted by atomic mass is 16.6. The molecule has 0 heterocycles. The molecular formula is C16H26N4O8. The number of nitrogens with zero attached hydrogens (tertiary/aromatic N) is 3. The molecule has 0 aliphatic rings. The summed E-state index contributed by atoms with van der Waals surface area (Å²) in [5.41, 5.74) is -3.00. The van der Waals surface area contributed by atoms with Gasteiger partial charge in [0, 0.05) is 12.6 Å². The Hall–Kier alpha value is -2.86. The summed E-state index contributed by atoms with van der Waals surface area (Å²) in [7, 11) is 0. The molecule has 0 radical (unpaired) electrons. The first kappa shape index (κ1) is 25.1. The second-order valence-corrected chi connectivity index (χ2v) is 5.91. The third kappa shape index (κ3) is 8.68. The van der Waals surface area contributed by atoms with Crippen LogP contribution < -0.4 is 5.32 Å². The molecule has 1 aromatic rings. The Morgan fingerprint density at radius 1 is 0.964 bits per heavy atom. The SMILES string of the molecule is CCCC(CCC)NCCCO.O=[N+]([O-])c1cc([N+](=O)[O-])c(O)c([N+](=O)[O-])c1. The lowest BCUT2D eigenvalue weighted by molar-refractivity contribution is -0.404. The van der Waals surface area contributed by atoms with E-state index in [4.69, 9.17) is 10.2 Å². The van der Waals surface area contributed by atoms with E-state index < -0.39 is 37.6 Å². The van der Waals surface area contributed by atoms with E-state index >= 15 is 0 Å². The monoisotopic (exact) mass is 402 g/mol. The Bertz CT molecular complexity index is 627. The molecule has 0 fully saturated rings. The van der Waals surface area contributed by atoms with Crippen molar-refractivity contribution in [2.75, 3.05) is 13.2 Å². The Labute approximate surface area is 161 Å². The Morgan fingerprint density at radius 3 is 1.75 bits per heavy atom. The third-order valence-electron chi connectivity index (χ3n) is 3.70. The van der Waals surface area contributed by atoms with E-state index in [0.717, 1.165) is 13.0 Å². The highest BCUT2D eigenvalue weighted by molar-refractivity contribution is 5.64. The molecule has 3 N–H and O–H groups in total. The Morgan fingerprint density at radius 2 is 1.43 bits per heavy atom. The summed E-state index contributed by atoms with van der Waals surface area (Å²) in [5, 5.41) is 52.3. The number of non-ortho nitro benzene ring substituents is 1. The number of nitro groups is 3. The maximum absolute atomic E-state index is 10.4. The van der Waals surface area contributed by atoms with Crippen LogP contribution >= 0.6 is 0 Å². The van der Waals surface area contributed by atoms with Gasteiger partial charge in [-0.2, -0.15) is 0 Å². The summed E-state index contributed by atoms with van der Waals surface area (Å²) in [4.78, 5) is 27.8. The zero-order valence-electron chi connectivity index (χ0n) is 15.9. The Kier molecular flexibility index (Phi) is 12.0. The quantitative estimate of drug-likeness (QED) is 0.284. The average molecular weight is 402 g/mol. The van der Waals surface area contributed by atoms with Crippen LogP contribution in [0, 0.1) is 30.3 Å². The number of nitrogens with one attached hydrogen (secondary N) is 1. The molecule has 0 unspecified atom stereocenters. The number of aliphatic hydroxyl groups is 1. The molecule has 0 atom stereocenters. The molecule has 12 heteroatoms. The van der Waals surface area contributed by atoms with Crippen LogP contribution in [0.25, 0.3) is 0 Å². The van der Waals surface area contributed by atoms with Crippen LogP contribution in [-0.2, 0) is 0 Å². The second-order valence-electron chi connectivity index (χ2n) is 5.91. The number of phenols is 1. The topological polar surface area (TPSA) is 182 Å². The minimum Gasteiger partial charge on any atom is -0.497 e. The summed E-state index contributed by atoms with van der Waals surface area (Å²) < 4.78 is 0. The van der Waals surface area contributed by atoms with Gasteiger partial charge in [0.05, 0.1) is 26.9 Å². The van der Waals surface area contributed by atoms with Crippen LogP contribution in [0.5, 0.6) is 5.75 Å². The molecule has 0 spiro atoms. The number of benzene rings is 1. The van der Waals surface area contributed by atoms with Crippen LogP contribution in [-0.4, -0.2) is 44.2 Å². The smallest absolute Gasteiger partial charge is 0.324 e. The number of aromatic hydroxyl groups is 1. The van der Waals surface area contributed by atoms with Crippen molar-refractivity contribution in [3.63, 3.8) is 0 Å². The van der Waals surface area contributed by atoms with Crippen molar-refractivity contribution in [2.24, 2.45) is 0 Å². The first-order valence-electron chi connectivity index (χ1n) is 8.83. The van der Waals surface area contributed by atoms with E-state index in [-0.39, 0.29) is 0 Å². The van der Waals surface area contributed by atoms with Gasteiger partial charge in [-0.15, -0.1) is 0 Å². The van der Waals surface area contributed by atoms with Crippen LogP contribution in [0.2, 0.25) is 0 Å². The van der Waals surface area contributed by atoms with Crippen molar-refractivity contribution >= 4 is 17.1 Å². The molecule has 0 aliphatic heterocycles. The van der Waals surface area contributed by atoms with Gasteiger partial charge in [0.15, 0.2) is 0 Å². The van der Waals surface area contributed by atoms with Crippen LogP contribution in [0.15, 0.2) is 12.1 Å². The van der Waals surface area contributed by atoms with Gasteiger partial charge in [0.25, 0.3) is 11.4 Å². The van der Waals surface area contributed by atoms with Crippen LogP contribution in [0.3, 0.4) is 0 Å². The fourth-order valence-corrected chi connectivity index (χ4v) is 2.40. The minimum atomic E-state index is -1.21. The lowest BCUT2D eigenvalue weighted by Gasteiger charge is -2.16. The van der Waals surface area contributed by atoms with E-state index in [1.165, 1.54) is 25.7 Å². The lowest BCUT2D eigenvalue weighted by Crippen LogP contribution is -2.30. The molecule has 28 heavy (non-hydrogen) atoms. The summed E-state index contributed by atoms with van der Waals surface area (Å²) in [6.45, 7) is 5.70. The van der Waals surface area contributed by atoms with E-state index in [9.17, 15) is 30.3 Å². The number of rotatable bonds is 11. The summed E-state index contributed by atoms with van der Waals surface area (Å²) >= 11 is 0. The molecule has 158 valence electrons. The van der Waals surface area contributed by atoms with Crippen molar-refractivity contribution in [1.29, 1.82) is 0 Å². The highest BCUT2D eigenvalue weighted by Gasteiger charge is 2.30. The van der Waals surface area contributed by atoms with Crippen molar-refractivity contribution < 1.29 is 25.0 Å². The van der Waals surface area contributed by atoms with Gasteiger partial charge < -0.3 is 15.5 Å². The van der Waals surface area contributed by atoms with Gasteiger partial charge in [-0.05, 0) is 25.8 Å². The maximum atomic E-state index is 10.4. The molecule has 1 rings (SSSR count). The summed E-state index contributed by atoms with van der Waals surface area (Å²) in [5.74, 6) is -1.21. The van der Waals surface area contributed by atoms with Gasteiger partial charge in [-0.1, -0.05) is 26.7 Å². The van der Waals surface area contributed by atoms with Crippen molar-refractivity contribution in [2.45, 2.75) is 52.0 Å².